The summed E-state index contributed by atoms with van der Waals surface area (Å²) in [6.07, 6.45) is 2.51. The van der Waals surface area contributed by atoms with E-state index in [2.05, 4.69) is 10.3 Å². The summed E-state index contributed by atoms with van der Waals surface area (Å²) in [6.45, 7) is 0. The Morgan fingerprint density at radius 3 is 2.70 bits per heavy atom. The Morgan fingerprint density at radius 2 is 2.07 bits per heavy atom. The first-order valence-electron chi connectivity index (χ1n) is 7.89. The molecule has 8 nitrogen and oxygen atoms in total. The SMILES string of the molecule is COC(=O)CC(NC(=O)c1nc(S(C)(=O)=O)n2ccccc12)c1cccs1. The number of amides is 1. The van der Waals surface area contributed by atoms with Gasteiger partial charge in [0.2, 0.25) is 15.0 Å². The van der Waals surface area contributed by atoms with Crippen LogP contribution in [0.1, 0.15) is 27.8 Å². The number of hydrogen-bond acceptors (Lipinski definition) is 7. The standard InChI is InChI=1S/C17H17N3O5S2/c1-25-14(21)10-11(13-7-5-9-26-13)18-16(22)15-12-6-3-4-8-20(12)17(19-15)27(2,23)24/h3-9,11H,10H2,1-2H3,(H,18,22). The molecule has 0 fully saturated rings. The summed E-state index contributed by atoms with van der Waals surface area (Å²) in [5.41, 5.74) is 0.334. The molecule has 0 aliphatic carbocycles. The number of methoxy groups -OCH3 is 1. The van der Waals surface area contributed by atoms with Crippen molar-refractivity contribution < 1.29 is 22.7 Å². The molecular weight excluding hydrogens is 390 g/mol. The zero-order valence-electron chi connectivity index (χ0n) is 14.6. The van der Waals surface area contributed by atoms with Gasteiger partial charge in [-0.05, 0) is 23.6 Å². The molecule has 0 saturated carbocycles. The average Bonchev–Trinajstić information content (AvgIpc) is 3.28. The van der Waals surface area contributed by atoms with Gasteiger partial charge in [-0.25, -0.2) is 13.4 Å². The molecule has 3 heterocycles. The van der Waals surface area contributed by atoms with Crippen LogP contribution in [0.4, 0.5) is 0 Å². The maximum Gasteiger partial charge on any atom is 0.307 e. The Hall–Kier alpha value is -2.72. The van der Waals surface area contributed by atoms with Gasteiger partial charge in [0.25, 0.3) is 5.91 Å². The fourth-order valence-corrected chi connectivity index (χ4v) is 4.18. The van der Waals surface area contributed by atoms with Crippen LogP contribution in [0.15, 0.2) is 47.1 Å². The maximum atomic E-state index is 12.8. The number of imidazole rings is 1. The first-order chi connectivity index (χ1) is 12.8. The van der Waals surface area contributed by atoms with Crippen molar-refractivity contribution in [2.45, 2.75) is 17.6 Å². The van der Waals surface area contributed by atoms with E-state index in [1.165, 1.54) is 29.0 Å². The summed E-state index contributed by atoms with van der Waals surface area (Å²) in [7, 11) is -2.36. The fourth-order valence-electron chi connectivity index (χ4n) is 2.63. The number of nitrogens with zero attached hydrogens (tertiary/aromatic N) is 2. The number of esters is 1. The van der Waals surface area contributed by atoms with Crippen LogP contribution in [-0.4, -0.2) is 43.0 Å². The Balaban J connectivity index is 1.98. The molecule has 0 bridgehead atoms. The highest BCUT2D eigenvalue weighted by Crippen LogP contribution is 2.24. The minimum absolute atomic E-state index is 0.0255. The van der Waals surface area contributed by atoms with Crippen LogP contribution in [0.2, 0.25) is 0 Å². The molecule has 0 aliphatic rings. The van der Waals surface area contributed by atoms with Crippen molar-refractivity contribution in [3.05, 3.63) is 52.5 Å². The summed E-state index contributed by atoms with van der Waals surface area (Å²) in [4.78, 5) is 29.4. The predicted molar refractivity (Wildman–Crippen MR) is 99.5 cm³/mol. The van der Waals surface area contributed by atoms with Crippen molar-refractivity contribution in [1.29, 1.82) is 0 Å². The fraction of sp³-hybridized carbons (Fsp3) is 0.235. The first kappa shape index (κ1) is 19.1. The number of aromatic nitrogens is 2. The zero-order chi connectivity index (χ0) is 19.6. The average molecular weight is 407 g/mol. The van der Waals surface area contributed by atoms with Crippen molar-refractivity contribution >= 4 is 38.6 Å². The molecule has 27 heavy (non-hydrogen) atoms. The van der Waals surface area contributed by atoms with Crippen molar-refractivity contribution in [2.24, 2.45) is 0 Å². The van der Waals surface area contributed by atoms with E-state index >= 15 is 0 Å². The van der Waals surface area contributed by atoms with Crippen LogP contribution in [0, 0.1) is 0 Å². The van der Waals surface area contributed by atoms with E-state index < -0.39 is 27.8 Å². The molecule has 1 atom stereocenters. The van der Waals surface area contributed by atoms with Crippen molar-refractivity contribution in [3.63, 3.8) is 0 Å². The quantitative estimate of drug-likeness (QED) is 0.625. The van der Waals surface area contributed by atoms with E-state index in [9.17, 15) is 18.0 Å². The van der Waals surface area contributed by atoms with Gasteiger partial charge >= 0.3 is 5.97 Å². The molecule has 0 spiro atoms. The van der Waals surface area contributed by atoms with Gasteiger partial charge in [-0.2, -0.15) is 0 Å². The van der Waals surface area contributed by atoms with Crippen molar-refractivity contribution in [1.82, 2.24) is 14.7 Å². The zero-order valence-corrected chi connectivity index (χ0v) is 16.2. The van der Waals surface area contributed by atoms with E-state index in [4.69, 9.17) is 4.74 Å². The van der Waals surface area contributed by atoms with Crippen LogP contribution in [0.25, 0.3) is 5.52 Å². The third-order valence-corrected chi connectivity index (χ3v) is 5.79. The van der Waals surface area contributed by atoms with Gasteiger partial charge in [0.1, 0.15) is 0 Å². The Kier molecular flexibility index (Phi) is 5.29. The van der Waals surface area contributed by atoms with Gasteiger partial charge in [0.15, 0.2) is 5.69 Å². The predicted octanol–water partition coefficient (Wildman–Crippen LogP) is 1.83. The summed E-state index contributed by atoms with van der Waals surface area (Å²) in [5, 5.41) is 4.37. The molecule has 142 valence electrons. The summed E-state index contributed by atoms with van der Waals surface area (Å²) >= 11 is 1.39. The van der Waals surface area contributed by atoms with Crippen LogP contribution < -0.4 is 5.32 Å². The summed E-state index contributed by atoms with van der Waals surface area (Å²) in [6, 6.07) is 7.95. The second kappa shape index (κ2) is 7.49. The molecule has 3 rings (SSSR count). The molecule has 0 aliphatic heterocycles. The van der Waals surface area contributed by atoms with Gasteiger partial charge in [-0.15, -0.1) is 11.3 Å². The smallest absolute Gasteiger partial charge is 0.307 e. The topological polar surface area (TPSA) is 107 Å². The van der Waals surface area contributed by atoms with Gasteiger partial charge in [0.05, 0.1) is 25.1 Å². The Bertz CT molecular complexity index is 1090. The third kappa shape index (κ3) is 4.01. The van der Waals surface area contributed by atoms with Crippen LogP contribution >= 0.6 is 11.3 Å². The number of carbonyl (C=O) groups is 2. The third-order valence-electron chi connectivity index (χ3n) is 3.85. The van der Waals surface area contributed by atoms with Gasteiger partial charge in [-0.1, -0.05) is 12.1 Å². The number of rotatable bonds is 6. The van der Waals surface area contributed by atoms with Crippen LogP contribution in [0.5, 0.6) is 0 Å². The number of pyridine rings is 1. The second-order valence-electron chi connectivity index (χ2n) is 5.79. The highest BCUT2D eigenvalue weighted by Gasteiger charge is 2.26. The molecule has 3 aromatic heterocycles. The molecular formula is C17H17N3O5S2. The lowest BCUT2D eigenvalue weighted by Gasteiger charge is -2.15. The van der Waals surface area contributed by atoms with Gasteiger partial charge in [-0.3, -0.25) is 14.0 Å². The summed E-state index contributed by atoms with van der Waals surface area (Å²) in [5.74, 6) is -1.05. The highest BCUT2D eigenvalue weighted by molar-refractivity contribution is 7.90. The molecule has 1 amide bonds. The van der Waals surface area contributed by atoms with Crippen molar-refractivity contribution in [3.8, 4) is 0 Å². The lowest BCUT2D eigenvalue weighted by Crippen LogP contribution is -2.30. The molecule has 1 N–H and O–H groups in total. The van der Waals surface area contributed by atoms with E-state index in [-0.39, 0.29) is 17.3 Å². The Morgan fingerprint density at radius 1 is 1.30 bits per heavy atom. The number of nitrogens with one attached hydrogen (secondary N) is 1. The summed E-state index contributed by atoms with van der Waals surface area (Å²) < 4.78 is 30.1. The minimum Gasteiger partial charge on any atom is -0.469 e. The number of ether oxygens (including phenoxy) is 1. The van der Waals surface area contributed by atoms with E-state index in [0.717, 1.165) is 11.1 Å². The van der Waals surface area contributed by atoms with E-state index in [0.29, 0.717) is 5.52 Å². The highest BCUT2D eigenvalue weighted by atomic mass is 32.2. The van der Waals surface area contributed by atoms with Crippen LogP contribution in [0.3, 0.4) is 0 Å². The second-order valence-corrected chi connectivity index (χ2v) is 8.68. The largest absolute Gasteiger partial charge is 0.469 e. The van der Waals surface area contributed by atoms with Crippen molar-refractivity contribution in [2.75, 3.05) is 13.4 Å². The molecule has 1 unspecified atom stereocenters. The molecule has 3 aromatic rings. The Labute approximate surface area is 159 Å². The monoisotopic (exact) mass is 407 g/mol. The lowest BCUT2D eigenvalue weighted by molar-refractivity contribution is -0.141. The minimum atomic E-state index is -3.64. The number of thiophene rings is 1. The number of carbonyl (C=O) groups excluding carboxylic acids is 2. The lowest BCUT2D eigenvalue weighted by atomic mass is 10.1. The molecule has 0 saturated heterocycles. The molecule has 0 aromatic carbocycles. The molecule has 10 heteroatoms. The first-order valence-corrected chi connectivity index (χ1v) is 10.7. The van der Waals surface area contributed by atoms with E-state index in [1.54, 1.807) is 24.3 Å². The van der Waals surface area contributed by atoms with Gasteiger partial charge in [0, 0.05) is 17.3 Å². The molecule has 0 radical (unpaired) electrons. The number of sulfone groups is 1. The normalized spacial score (nSPS) is 12.7. The number of fused-ring (bicyclic) bond motifs is 1. The van der Waals surface area contributed by atoms with Crippen LogP contribution in [-0.2, 0) is 19.4 Å². The van der Waals surface area contributed by atoms with E-state index in [1.807, 2.05) is 11.4 Å². The number of hydrogen-bond donors (Lipinski definition) is 1. The van der Waals surface area contributed by atoms with Gasteiger partial charge < -0.3 is 10.1 Å². The maximum absolute atomic E-state index is 12.8.